The Balaban J connectivity index is 1.76. The summed E-state index contributed by atoms with van der Waals surface area (Å²) in [5.41, 5.74) is 1.31. The van der Waals surface area contributed by atoms with Crippen LogP contribution in [0.3, 0.4) is 0 Å². The Morgan fingerprint density at radius 1 is 1.41 bits per heavy atom. The maximum atomic E-state index is 5.37. The van der Waals surface area contributed by atoms with Crippen LogP contribution in [-0.2, 0) is 0 Å². The number of thiophene rings is 1. The molecule has 2 rings (SSSR count). The Morgan fingerprint density at radius 3 is 2.82 bits per heavy atom. The van der Waals surface area contributed by atoms with Crippen LogP contribution < -0.4 is 10.6 Å². The molecule has 0 radical (unpaired) electrons. The van der Waals surface area contributed by atoms with Gasteiger partial charge in [-0.25, -0.2) is 0 Å². The lowest BCUT2D eigenvalue weighted by Crippen LogP contribution is -2.43. The van der Waals surface area contributed by atoms with Gasteiger partial charge in [0.15, 0.2) is 5.11 Å². The van der Waals surface area contributed by atoms with E-state index in [9.17, 15) is 0 Å². The third kappa shape index (κ3) is 3.96. The second kappa shape index (κ2) is 6.36. The molecule has 1 aliphatic rings. The van der Waals surface area contributed by atoms with Crippen LogP contribution in [0.15, 0.2) is 16.8 Å². The van der Waals surface area contributed by atoms with E-state index in [0.29, 0.717) is 12.1 Å². The molecule has 1 atom stereocenters. The minimum absolute atomic E-state index is 0.296. The third-order valence-corrected chi connectivity index (χ3v) is 4.27. The van der Waals surface area contributed by atoms with Gasteiger partial charge >= 0.3 is 0 Å². The van der Waals surface area contributed by atoms with Crippen molar-refractivity contribution >= 4 is 28.7 Å². The van der Waals surface area contributed by atoms with Crippen molar-refractivity contribution in [2.45, 2.75) is 51.1 Å². The van der Waals surface area contributed by atoms with E-state index in [1.54, 1.807) is 11.3 Å². The Bertz CT molecular complexity index is 342. The van der Waals surface area contributed by atoms with Crippen molar-refractivity contribution in [2.75, 3.05) is 0 Å². The van der Waals surface area contributed by atoms with E-state index in [0.717, 1.165) is 5.11 Å². The highest BCUT2D eigenvalue weighted by atomic mass is 32.1. The van der Waals surface area contributed by atoms with Crippen molar-refractivity contribution in [3.05, 3.63) is 22.4 Å². The first-order chi connectivity index (χ1) is 8.25. The van der Waals surface area contributed by atoms with Gasteiger partial charge in [0.05, 0.1) is 6.04 Å². The van der Waals surface area contributed by atoms with Crippen molar-refractivity contribution in [2.24, 2.45) is 0 Å². The zero-order valence-electron chi connectivity index (χ0n) is 10.2. The molecular formula is C13H20N2S2. The summed E-state index contributed by atoms with van der Waals surface area (Å²) in [7, 11) is 0. The van der Waals surface area contributed by atoms with Gasteiger partial charge in [-0.15, -0.1) is 0 Å². The smallest absolute Gasteiger partial charge is 0.166 e. The first-order valence-corrected chi connectivity index (χ1v) is 7.70. The summed E-state index contributed by atoms with van der Waals surface area (Å²) in [5, 5.41) is 11.9. The largest absolute Gasteiger partial charge is 0.360 e. The standard InChI is InChI=1S/C13H20N2S2/c1-10(11-7-8-17-9-11)14-13(16)15-12-5-3-2-4-6-12/h7-10,12H,2-6H2,1H3,(H2,14,15,16). The number of nitrogens with one attached hydrogen (secondary N) is 2. The van der Waals surface area contributed by atoms with Gasteiger partial charge < -0.3 is 10.6 Å². The molecule has 0 aliphatic heterocycles. The molecule has 2 nitrogen and oxygen atoms in total. The van der Waals surface area contributed by atoms with E-state index in [1.807, 2.05) is 0 Å². The fraction of sp³-hybridized carbons (Fsp3) is 0.615. The average molecular weight is 268 g/mol. The van der Waals surface area contributed by atoms with Crippen LogP contribution in [-0.4, -0.2) is 11.2 Å². The lowest BCUT2D eigenvalue weighted by molar-refractivity contribution is 0.411. The predicted molar refractivity (Wildman–Crippen MR) is 78.5 cm³/mol. The zero-order chi connectivity index (χ0) is 12.1. The van der Waals surface area contributed by atoms with Gasteiger partial charge in [0.25, 0.3) is 0 Å². The Hall–Kier alpha value is -0.610. The van der Waals surface area contributed by atoms with Crippen LogP contribution in [0.5, 0.6) is 0 Å². The summed E-state index contributed by atoms with van der Waals surface area (Å²) in [6.45, 7) is 2.15. The van der Waals surface area contributed by atoms with Crippen LogP contribution in [0, 0.1) is 0 Å². The van der Waals surface area contributed by atoms with Gasteiger partial charge in [-0.1, -0.05) is 19.3 Å². The first kappa shape index (κ1) is 12.8. The predicted octanol–water partition coefficient (Wildman–Crippen LogP) is 3.61. The van der Waals surface area contributed by atoms with Gasteiger partial charge in [-0.05, 0) is 54.4 Å². The molecule has 1 unspecified atom stereocenters. The highest BCUT2D eigenvalue weighted by Gasteiger charge is 2.15. The van der Waals surface area contributed by atoms with E-state index in [1.165, 1.54) is 37.7 Å². The molecule has 0 amide bonds. The molecule has 1 aromatic rings. The molecule has 94 valence electrons. The monoisotopic (exact) mass is 268 g/mol. The molecule has 1 fully saturated rings. The minimum atomic E-state index is 0.296. The Kier molecular flexibility index (Phi) is 4.80. The van der Waals surface area contributed by atoms with Crippen molar-refractivity contribution in [1.82, 2.24) is 10.6 Å². The molecule has 1 aromatic heterocycles. The maximum absolute atomic E-state index is 5.37. The summed E-state index contributed by atoms with van der Waals surface area (Å²) in [5.74, 6) is 0. The summed E-state index contributed by atoms with van der Waals surface area (Å²) in [6, 6.07) is 3.02. The fourth-order valence-corrected chi connectivity index (χ4v) is 3.37. The van der Waals surface area contributed by atoms with Crippen molar-refractivity contribution in [1.29, 1.82) is 0 Å². The summed E-state index contributed by atoms with van der Waals surface area (Å²) >= 11 is 7.09. The average Bonchev–Trinajstić information content (AvgIpc) is 2.83. The molecule has 1 saturated carbocycles. The fourth-order valence-electron chi connectivity index (χ4n) is 2.28. The summed E-state index contributed by atoms with van der Waals surface area (Å²) < 4.78 is 0. The molecule has 1 aliphatic carbocycles. The molecule has 0 aromatic carbocycles. The van der Waals surface area contributed by atoms with Gasteiger partial charge in [0.2, 0.25) is 0 Å². The molecule has 1 heterocycles. The molecule has 0 spiro atoms. The molecule has 17 heavy (non-hydrogen) atoms. The van der Waals surface area contributed by atoms with Gasteiger partial charge in [-0.3, -0.25) is 0 Å². The summed E-state index contributed by atoms with van der Waals surface area (Å²) in [6.07, 6.45) is 6.56. The van der Waals surface area contributed by atoms with Crippen LogP contribution in [0.1, 0.15) is 50.6 Å². The van der Waals surface area contributed by atoms with E-state index in [4.69, 9.17) is 12.2 Å². The van der Waals surface area contributed by atoms with Crippen molar-refractivity contribution in [3.63, 3.8) is 0 Å². The Labute approximate surface area is 113 Å². The van der Waals surface area contributed by atoms with Crippen LogP contribution >= 0.6 is 23.6 Å². The SMILES string of the molecule is CC(NC(=S)NC1CCCCC1)c1ccsc1. The molecule has 0 saturated heterocycles. The highest BCUT2D eigenvalue weighted by molar-refractivity contribution is 7.80. The van der Waals surface area contributed by atoms with Crippen LogP contribution in [0.4, 0.5) is 0 Å². The summed E-state index contributed by atoms with van der Waals surface area (Å²) in [4.78, 5) is 0. The Morgan fingerprint density at radius 2 is 2.18 bits per heavy atom. The van der Waals surface area contributed by atoms with Crippen molar-refractivity contribution in [3.8, 4) is 0 Å². The third-order valence-electron chi connectivity index (χ3n) is 3.33. The van der Waals surface area contributed by atoms with E-state index in [2.05, 4.69) is 34.4 Å². The van der Waals surface area contributed by atoms with Crippen LogP contribution in [0.25, 0.3) is 0 Å². The van der Waals surface area contributed by atoms with E-state index < -0.39 is 0 Å². The number of hydrogen-bond acceptors (Lipinski definition) is 2. The molecule has 0 bridgehead atoms. The lowest BCUT2D eigenvalue weighted by atomic mass is 9.96. The number of hydrogen-bond donors (Lipinski definition) is 2. The normalized spacial score (nSPS) is 18.6. The second-order valence-electron chi connectivity index (χ2n) is 4.73. The highest BCUT2D eigenvalue weighted by Crippen LogP contribution is 2.18. The lowest BCUT2D eigenvalue weighted by Gasteiger charge is -2.25. The molecule has 4 heteroatoms. The van der Waals surface area contributed by atoms with Crippen molar-refractivity contribution < 1.29 is 0 Å². The number of thiocarbonyl (C=S) groups is 1. The molecular weight excluding hydrogens is 248 g/mol. The van der Waals surface area contributed by atoms with Gasteiger partial charge in [-0.2, -0.15) is 11.3 Å². The van der Waals surface area contributed by atoms with Gasteiger partial charge in [0, 0.05) is 6.04 Å². The van der Waals surface area contributed by atoms with Crippen LogP contribution in [0.2, 0.25) is 0 Å². The topological polar surface area (TPSA) is 24.1 Å². The quantitative estimate of drug-likeness (QED) is 0.819. The zero-order valence-corrected chi connectivity index (χ0v) is 11.9. The van der Waals surface area contributed by atoms with E-state index >= 15 is 0 Å². The molecule has 2 N–H and O–H groups in total. The number of rotatable bonds is 3. The minimum Gasteiger partial charge on any atom is -0.360 e. The first-order valence-electron chi connectivity index (χ1n) is 6.35. The second-order valence-corrected chi connectivity index (χ2v) is 5.92. The van der Waals surface area contributed by atoms with Gasteiger partial charge in [0.1, 0.15) is 0 Å². The maximum Gasteiger partial charge on any atom is 0.166 e. The van der Waals surface area contributed by atoms with E-state index in [-0.39, 0.29) is 0 Å².